The monoisotopic (exact) mass is 175 g/mol. The molecule has 0 aliphatic carbocycles. The summed E-state index contributed by atoms with van der Waals surface area (Å²) < 4.78 is 2.13. The van der Waals surface area contributed by atoms with Gasteiger partial charge in [0.25, 0.3) is 0 Å². The van der Waals surface area contributed by atoms with Gasteiger partial charge in [-0.3, -0.25) is 0 Å². The standard InChI is InChI=1S/C10H13N3/c1-10(2,3)13-6-4-5-8-7-11-12-9(8)13/h4-7H,1-3H3. The van der Waals surface area contributed by atoms with Crippen molar-refractivity contribution in [2.24, 2.45) is 0 Å². The predicted octanol–water partition coefficient (Wildman–Crippen LogP) is 2.14. The van der Waals surface area contributed by atoms with Crippen LogP contribution in [0.5, 0.6) is 0 Å². The number of fused-ring (bicyclic) bond motifs is 1. The van der Waals surface area contributed by atoms with Crippen molar-refractivity contribution >= 4 is 0 Å². The summed E-state index contributed by atoms with van der Waals surface area (Å²) in [6.07, 6.45) is 3.83. The fraction of sp³-hybridized carbons (Fsp3) is 0.400. The topological polar surface area (TPSA) is 30.7 Å². The molecule has 2 heterocycles. The second kappa shape index (κ2) is 2.55. The van der Waals surface area contributed by atoms with E-state index in [1.807, 2.05) is 18.3 Å². The Kier molecular flexibility index (Phi) is 1.62. The van der Waals surface area contributed by atoms with Gasteiger partial charge in [0.1, 0.15) is 0 Å². The van der Waals surface area contributed by atoms with Crippen LogP contribution in [0.3, 0.4) is 0 Å². The summed E-state index contributed by atoms with van der Waals surface area (Å²) in [6.45, 7) is 6.46. The van der Waals surface area contributed by atoms with Crippen LogP contribution in [0.4, 0.5) is 0 Å². The molecular formula is C10H13N3. The van der Waals surface area contributed by atoms with Gasteiger partial charge in [0.15, 0.2) is 5.82 Å². The average Bonchev–Trinajstić information content (AvgIpc) is 2.48. The maximum Gasteiger partial charge on any atom is 0.164 e. The third-order valence-corrected chi connectivity index (χ3v) is 2.07. The van der Waals surface area contributed by atoms with E-state index in [2.05, 4.69) is 35.5 Å². The van der Waals surface area contributed by atoms with E-state index in [-0.39, 0.29) is 5.54 Å². The summed E-state index contributed by atoms with van der Waals surface area (Å²) in [5.74, 6) is 0.954. The summed E-state index contributed by atoms with van der Waals surface area (Å²) >= 11 is 0. The lowest BCUT2D eigenvalue weighted by molar-refractivity contribution is 0.395. The molecule has 3 nitrogen and oxygen atoms in total. The Morgan fingerprint density at radius 2 is 2.08 bits per heavy atom. The van der Waals surface area contributed by atoms with Crippen LogP contribution in [-0.4, -0.2) is 14.8 Å². The average molecular weight is 175 g/mol. The number of aromatic nitrogens is 3. The smallest absolute Gasteiger partial charge is 0.164 e. The van der Waals surface area contributed by atoms with Gasteiger partial charge in [0.05, 0.1) is 6.20 Å². The summed E-state index contributed by atoms with van der Waals surface area (Å²) in [7, 11) is 0. The molecule has 0 aromatic carbocycles. The molecule has 2 aliphatic heterocycles. The second-order valence-corrected chi connectivity index (χ2v) is 4.17. The Labute approximate surface area is 77.8 Å². The van der Waals surface area contributed by atoms with Crippen molar-refractivity contribution in [2.75, 3.05) is 0 Å². The molecule has 0 saturated heterocycles. The van der Waals surface area contributed by atoms with Gasteiger partial charge in [-0.1, -0.05) is 0 Å². The molecule has 0 spiro atoms. The zero-order valence-corrected chi connectivity index (χ0v) is 8.15. The van der Waals surface area contributed by atoms with Gasteiger partial charge in [0, 0.05) is 17.3 Å². The molecule has 2 aliphatic rings. The van der Waals surface area contributed by atoms with Crippen molar-refractivity contribution in [3.63, 3.8) is 0 Å². The van der Waals surface area contributed by atoms with Crippen LogP contribution in [0.1, 0.15) is 20.8 Å². The molecule has 3 heteroatoms. The molecule has 0 amide bonds. The SMILES string of the molecule is CC(C)(C)n1cccc2cnnc1-2. The Hall–Kier alpha value is -1.38. The van der Waals surface area contributed by atoms with Crippen LogP contribution in [0.25, 0.3) is 11.4 Å². The number of hydrogen-bond donors (Lipinski definition) is 0. The van der Waals surface area contributed by atoms with E-state index in [0.717, 1.165) is 11.4 Å². The molecule has 0 aromatic rings. The van der Waals surface area contributed by atoms with Gasteiger partial charge in [-0.2, -0.15) is 5.10 Å². The van der Waals surface area contributed by atoms with E-state index < -0.39 is 0 Å². The van der Waals surface area contributed by atoms with Crippen molar-refractivity contribution in [3.05, 3.63) is 24.5 Å². The third-order valence-electron chi connectivity index (χ3n) is 2.07. The van der Waals surface area contributed by atoms with Gasteiger partial charge in [-0.05, 0) is 32.9 Å². The lowest BCUT2D eigenvalue weighted by Gasteiger charge is -2.25. The summed E-state index contributed by atoms with van der Waals surface area (Å²) in [6, 6.07) is 4.05. The lowest BCUT2D eigenvalue weighted by atomic mass is 10.1. The van der Waals surface area contributed by atoms with Crippen LogP contribution in [0, 0.1) is 0 Å². The molecule has 0 N–H and O–H groups in total. The Bertz CT molecular complexity index is 384. The first kappa shape index (κ1) is 8.23. The molecule has 0 atom stereocenters. The Balaban J connectivity index is 2.65. The van der Waals surface area contributed by atoms with E-state index in [4.69, 9.17) is 0 Å². The van der Waals surface area contributed by atoms with E-state index in [1.54, 1.807) is 6.20 Å². The number of rotatable bonds is 0. The molecule has 0 fully saturated rings. The highest BCUT2D eigenvalue weighted by Gasteiger charge is 2.18. The second-order valence-electron chi connectivity index (χ2n) is 4.17. The van der Waals surface area contributed by atoms with Crippen molar-refractivity contribution in [3.8, 4) is 11.4 Å². The maximum atomic E-state index is 4.10. The van der Waals surface area contributed by atoms with Gasteiger partial charge in [-0.25, -0.2) is 0 Å². The highest BCUT2D eigenvalue weighted by molar-refractivity contribution is 5.55. The van der Waals surface area contributed by atoms with E-state index in [0.29, 0.717) is 0 Å². The Morgan fingerprint density at radius 1 is 1.31 bits per heavy atom. The molecule has 0 bridgehead atoms. The summed E-state index contributed by atoms with van der Waals surface area (Å²) in [4.78, 5) is 0. The largest absolute Gasteiger partial charge is 0.326 e. The molecule has 0 unspecified atom stereocenters. The van der Waals surface area contributed by atoms with Gasteiger partial charge in [0.2, 0.25) is 0 Å². The van der Waals surface area contributed by atoms with Crippen LogP contribution in [0.15, 0.2) is 24.5 Å². The summed E-state index contributed by atoms with van der Waals surface area (Å²) in [5, 5.41) is 8.00. The van der Waals surface area contributed by atoms with E-state index in [9.17, 15) is 0 Å². The summed E-state index contributed by atoms with van der Waals surface area (Å²) in [5.41, 5.74) is 1.15. The minimum Gasteiger partial charge on any atom is -0.326 e. The predicted molar refractivity (Wildman–Crippen MR) is 51.6 cm³/mol. The molecule has 0 aromatic heterocycles. The van der Waals surface area contributed by atoms with E-state index >= 15 is 0 Å². The zero-order chi connectivity index (χ0) is 9.47. The quantitative estimate of drug-likeness (QED) is 0.614. The fourth-order valence-electron chi connectivity index (χ4n) is 1.41. The third kappa shape index (κ3) is 1.30. The minimum absolute atomic E-state index is 0.0581. The van der Waals surface area contributed by atoms with E-state index in [1.165, 1.54) is 0 Å². The number of pyridine rings is 1. The van der Waals surface area contributed by atoms with Crippen molar-refractivity contribution in [1.82, 2.24) is 14.8 Å². The maximum absolute atomic E-state index is 4.10. The lowest BCUT2D eigenvalue weighted by Crippen LogP contribution is -2.23. The highest BCUT2D eigenvalue weighted by Crippen LogP contribution is 2.24. The first-order valence-corrected chi connectivity index (χ1v) is 4.38. The van der Waals surface area contributed by atoms with Crippen LogP contribution >= 0.6 is 0 Å². The molecule has 0 saturated carbocycles. The minimum atomic E-state index is 0.0581. The van der Waals surface area contributed by atoms with Crippen molar-refractivity contribution in [1.29, 1.82) is 0 Å². The molecule has 0 radical (unpaired) electrons. The van der Waals surface area contributed by atoms with Gasteiger partial charge in [-0.15, -0.1) is 5.10 Å². The normalized spacial score (nSPS) is 12.2. The first-order valence-electron chi connectivity index (χ1n) is 4.38. The van der Waals surface area contributed by atoms with Crippen LogP contribution < -0.4 is 0 Å². The highest BCUT2D eigenvalue weighted by atomic mass is 15.2. The van der Waals surface area contributed by atoms with Crippen LogP contribution in [0.2, 0.25) is 0 Å². The molecule has 68 valence electrons. The fourth-order valence-corrected chi connectivity index (χ4v) is 1.41. The molecule has 2 rings (SSSR count). The zero-order valence-electron chi connectivity index (χ0n) is 8.15. The number of nitrogens with zero attached hydrogens (tertiary/aromatic N) is 3. The van der Waals surface area contributed by atoms with Crippen LogP contribution in [-0.2, 0) is 5.54 Å². The molecule has 13 heavy (non-hydrogen) atoms. The number of hydrogen-bond acceptors (Lipinski definition) is 2. The molecular weight excluding hydrogens is 162 g/mol. The van der Waals surface area contributed by atoms with Gasteiger partial charge < -0.3 is 4.57 Å². The Morgan fingerprint density at radius 3 is 2.77 bits per heavy atom. The van der Waals surface area contributed by atoms with Crippen molar-refractivity contribution < 1.29 is 0 Å². The first-order chi connectivity index (χ1) is 6.09. The van der Waals surface area contributed by atoms with Gasteiger partial charge >= 0.3 is 0 Å². The van der Waals surface area contributed by atoms with Crippen molar-refractivity contribution in [2.45, 2.75) is 26.3 Å².